The summed E-state index contributed by atoms with van der Waals surface area (Å²) in [6, 6.07) is 9.44. The molecule has 0 spiro atoms. The van der Waals surface area contributed by atoms with Crippen LogP contribution in [0.2, 0.25) is 5.02 Å². The lowest BCUT2D eigenvalue weighted by molar-refractivity contribution is -0.384. The minimum Gasteiger partial charge on any atom is -0.325 e. The smallest absolute Gasteiger partial charge is 0.294 e. The molecular weight excluding hydrogens is 430 g/mol. The first-order chi connectivity index (χ1) is 14.2. The molecule has 0 aliphatic carbocycles. The lowest BCUT2D eigenvalue weighted by atomic mass is 10.1. The first-order valence-corrected chi connectivity index (χ1v) is 9.91. The Morgan fingerprint density at radius 3 is 2.60 bits per heavy atom. The molecule has 3 amide bonds. The molecule has 0 saturated carbocycles. The van der Waals surface area contributed by atoms with Crippen LogP contribution in [0.25, 0.3) is 6.08 Å². The highest BCUT2D eigenvalue weighted by Gasteiger charge is 2.36. The van der Waals surface area contributed by atoms with Crippen LogP contribution in [0.4, 0.5) is 16.2 Å². The SMILES string of the molecule is Cc1ccc(NC(=O)CN2C(=O)SC(=Cc3ccc(Cl)c([N+](=O)[O-])c3)C2=O)cc1C. The Morgan fingerprint density at radius 1 is 1.20 bits per heavy atom. The third-order valence-corrected chi connectivity index (χ3v) is 5.66. The summed E-state index contributed by atoms with van der Waals surface area (Å²) in [5.41, 5.74) is 2.68. The number of hydrogen-bond acceptors (Lipinski definition) is 6. The molecule has 30 heavy (non-hydrogen) atoms. The Hall–Kier alpha value is -3.17. The van der Waals surface area contributed by atoms with Crippen LogP contribution in [-0.2, 0) is 9.59 Å². The summed E-state index contributed by atoms with van der Waals surface area (Å²) in [5, 5.41) is 13.1. The third kappa shape index (κ3) is 4.69. The van der Waals surface area contributed by atoms with E-state index in [0.29, 0.717) is 23.0 Å². The topological polar surface area (TPSA) is 110 Å². The fourth-order valence-electron chi connectivity index (χ4n) is 2.71. The average molecular weight is 446 g/mol. The second-order valence-corrected chi connectivity index (χ2v) is 7.98. The second kappa shape index (κ2) is 8.68. The van der Waals surface area contributed by atoms with E-state index in [4.69, 9.17) is 11.6 Å². The normalized spacial score (nSPS) is 15.0. The van der Waals surface area contributed by atoms with Crippen LogP contribution in [0, 0.1) is 24.0 Å². The van der Waals surface area contributed by atoms with E-state index in [9.17, 15) is 24.5 Å². The lowest BCUT2D eigenvalue weighted by Gasteiger charge is -2.13. The Labute approximate surface area is 181 Å². The van der Waals surface area contributed by atoms with E-state index in [1.54, 1.807) is 12.1 Å². The number of nitrogens with one attached hydrogen (secondary N) is 1. The Kier molecular flexibility index (Phi) is 6.23. The van der Waals surface area contributed by atoms with E-state index < -0.39 is 28.5 Å². The molecule has 1 N–H and O–H groups in total. The second-order valence-electron chi connectivity index (χ2n) is 6.58. The number of imide groups is 1. The maximum absolute atomic E-state index is 12.6. The standard InChI is InChI=1S/C20H16ClN3O5S/c1-11-3-5-14(7-12(11)2)22-18(25)10-23-19(26)17(30-20(23)27)9-13-4-6-15(21)16(8-13)24(28)29/h3-9H,10H2,1-2H3,(H,22,25). The molecule has 2 aromatic rings. The number of benzene rings is 2. The summed E-state index contributed by atoms with van der Waals surface area (Å²) in [6.45, 7) is 3.42. The predicted molar refractivity (Wildman–Crippen MR) is 115 cm³/mol. The molecule has 1 aliphatic heterocycles. The van der Waals surface area contributed by atoms with Crippen LogP contribution in [0.15, 0.2) is 41.3 Å². The number of hydrogen-bond donors (Lipinski definition) is 1. The fraction of sp³-hybridized carbons (Fsp3) is 0.150. The van der Waals surface area contributed by atoms with Gasteiger partial charge in [0.05, 0.1) is 9.83 Å². The van der Waals surface area contributed by atoms with E-state index in [0.717, 1.165) is 16.0 Å². The maximum atomic E-state index is 12.6. The molecule has 1 heterocycles. The summed E-state index contributed by atoms with van der Waals surface area (Å²) in [7, 11) is 0. The van der Waals surface area contributed by atoms with Crippen molar-refractivity contribution in [3.05, 3.63) is 73.1 Å². The molecule has 0 unspecified atom stereocenters. The molecule has 2 aromatic carbocycles. The van der Waals surface area contributed by atoms with Crippen molar-refractivity contribution < 1.29 is 19.3 Å². The van der Waals surface area contributed by atoms with Gasteiger partial charge in [0.1, 0.15) is 11.6 Å². The number of anilines is 1. The third-order valence-electron chi connectivity index (χ3n) is 4.43. The van der Waals surface area contributed by atoms with Crippen molar-refractivity contribution in [2.45, 2.75) is 13.8 Å². The van der Waals surface area contributed by atoms with Gasteiger partial charge in [-0.05, 0) is 66.6 Å². The van der Waals surface area contributed by atoms with Crippen molar-refractivity contribution in [2.75, 3.05) is 11.9 Å². The Morgan fingerprint density at radius 2 is 1.93 bits per heavy atom. The van der Waals surface area contributed by atoms with Gasteiger partial charge in [0.25, 0.3) is 16.8 Å². The molecule has 3 rings (SSSR count). The van der Waals surface area contributed by atoms with Crippen molar-refractivity contribution in [3.8, 4) is 0 Å². The van der Waals surface area contributed by atoms with Crippen LogP contribution < -0.4 is 5.32 Å². The van der Waals surface area contributed by atoms with Gasteiger partial charge in [-0.25, -0.2) is 0 Å². The number of rotatable bonds is 5. The van der Waals surface area contributed by atoms with Gasteiger partial charge in [-0.15, -0.1) is 0 Å². The number of nitro groups is 1. The van der Waals surface area contributed by atoms with Crippen LogP contribution in [0.1, 0.15) is 16.7 Å². The zero-order chi connectivity index (χ0) is 22.0. The summed E-state index contributed by atoms with van der Waals surface area (Å²) in [4.78, 5) is 48.4. The minimum atomic E-state index is -0.641. The number of nitro benzene ring substituents is 1. The minimum absolute atomic E-state index is 0.0340. The predicted octanol–water partition coefficient (Wildman–Crippen LogP) is 4.54. The molecule has 154 valence electrons. The van der Waals surface area contributed by atoms with Crippen LogP contribution in [0.3, 0.4) is 0 Å². The molecule has 0 radical (unpaired) electrons. The van der Waals surface area contributed by atoms with Crippen molar-refractivity contribution in [2.24, 2.45) is 0 Å². The molecule has 1 saturated heterocycles. The van der Waals surface area contributed by atoms with Crippen LogP contribution in [-0.4, -0.2) is 33.4 Å². The van der Waals surface area contributed by atoms with Gasteiger partial charge in [-0.1, -0.05) is 23.7 Å². The number of carbonyl (C=O) groups excluding carboxylic acids is 3. The van der Waals surface area contributed by atoms with Crippen molar-refractivity contribution in [3.63, 3.8) is 0 Å². The zero-order valence-corrected chi connectivity index (χ0v) is 17.5. The number of carbonyl (C=O) groups is 3. The van der Waals surface area contributed by atoms with E-state index in [-0.39, 0.29) is 15.6 Å². The maximum Gasteiger partial charge on any atom is 0.294 e. The molecule has 0 bridgehead atoms. The van der Waals surface area contributed by atoms with Crippen LogP contribution >= 0.6 is 23.4 Å². The highest BCUT2D eigenvalue weighted by atomic mass is 35.5. The average Bonchev–Trinajstić information content (AvgIpc) is 2.93. The number of nitrogens with zero attached hydrogens (tertiary/aromatic N) is 2. The summed E-state index contributed by atoms with van der Waals surface area (Å²) >= 11 is 6.45. The largest absolute Gasteiger partial charge is 0.325 e. The highest BCUT2D eigenvalue weighted by Crippen LogP contribution is 2.33. The number of thioether (sulfide) groups is 1. The first-order valence-electron chi connectivity index (χ1n) is 8.72. The van der Waals surface area contributed by atoms with Gasteiger partial charge in [-0.3, -0.25) is 29.4 Å². The lowest BCUT2D eigenvalue weighted by Crippen LogP contribution is -2.36. The van der Waals surface area contributed by atoms with Gasteiger partial charge in [0, 0.05) is 11.8 Å². The molecule has 1 fully saturated rings. The molecule has 0 atom stereocenters. The van der Waals surface area contributed by atoms with E-state index in [1.807, 2.05) is 19.9 Å². The highest BCUT2D eigenvalue weighted by molar-refractivity contribution is 8.18. The Balaban J connectivity index is 1.73. The van der Waals surface area contributed by atoms with Crippen molar-refractivity contribution in [1.82, 2.24) is 4.90 Å². The van der Waals surface area contributed by atoms with Crippen LogP contribution in [0.5, 0.6) is 0 Å². The number of amides is 3. The van der Waals surface area contributed by atoms with Gasteiger partial charge in [0.2, 0.25) is 5.91 Å². The van der Waals surface area contributed by atoms with Crippen molar-refractivity contribution in [1.29, 1.82) is 0 Å². The molecule has 8 nitrogen and oxygen atoms in total. The molecule has 1 aliphatic rings. The zero-order valence-electron chi connectivity index (χ0n) is 16.0. The van der Waals surface area contributed by atoms with Gasteiger partial charge in [-0.2, -0.15) is 0 Å². The number of aryl methyl sites for hydroxylation is 2. The summed E-state index contributed by atoms with van der Waals surface area (Å²) < 4.78 is 0. The van der Waals surface area contributed by atoms with Gasteiger partial charge >= 0.3 is 0 Å². The van der Waals surface area contributed by atoms with Crippen molar-refractivity contribution >= 4 is 57.9 Å². The van der Waals surface area contributed by atoms with E-state index in [1.165, 1.54) is 24.3 Å². The fourth-order valence-corrected chi connectivity index (χ4v) is 3.74. The van der Waals surface area contributed by atoms with E-state index in [2.05, 4.69) is 5.32 Å². The molecular formula is C20H16ClN3O5S. The first kappa shape index (κ1) is 21.5. The quantitative estimate of drug-likeness (QED) is 0.411. The molecule has 0 aromatic heterocycles. The van der Waals surface area contributed by atoms with Gasteiger partial charge < -0.3 is 5.32 Å². The Bertz CT molecular complexity index is 1120. The summed E-state index contributed by atoms with van der Waals surface area (Å²) in [5.74, 6) is -1.15. The summed E-state index contributed by atoms with van der Waals surface area (Å²) in [6.07, 6.45) is 1.36. The molecule has 10 heteroatoms. The van der Waals surface area contributed by atoms with E-state index >= 15 is 0 Å². The van der Waals surface area contributed by atoms with Gasteiger partial charge in [0.15, 0.2) is 0 Å². The monoisotopic (exact) mass is 445 g/mol. The number of halogens is 1.